The summed E-state index contributed by atoms with van der Waals surface area (Å²) in [5, 5.41) is 0. The van der Waals surface area contributed by atoms with Crippen molar-refractivity contribution in [3.63, 3.8) is 0 Å². The second-order valence-corrected chi connectivity index (χ2v) is 11.7. The Morgan fingerprint density at radius 1 is 0.868 bits per heavy atom. The van der Waals surface area contributed by atoms with Gasteiger partial charge in [0.1, 0.15) is 11.4 Å². The zero-order valence-corrected chi connectivity index (χ0v) is 22.4. The van der Waals surface area contributed by atoms with E-state index in [0.717, 1.165) is 49.6 Å². The van der Waals surface area contributed by atoms with Gasteiger partial charge >= 0.3 is 6.09 Å². The van der Waals surface area contributed by atoms with Gasteiger partial charge in [0.2, 0.25) is 0 Å². The molecule has 10 heteroatoms. The Labute approximate surface area is 222 Å². The van der Waals surface area contributed by atoms with E-state index in [2.05, 4.69) is 9.80 Å². The topological polar surface area (TPSA) is 108 Å². The number of rotatable bonds is 3. The Balaban J connectivity index is 1.17. The molecule has 1 aromatic rings. The van der Waals surface area contributed by atoms with Crippen LogP contribution in [0.15, 0.2) is 18.2 Å². The average Bonchev–Trinajstić information content (AvgIpc) is 3.12. The summed E-state index contributed by atoms with van der Waals surface area (Å²) in [4.78, 5) is 70.1. The van der Waals surface area contributed by atoms with Crippen LogP contribution >= 0.6 is 0 Å². The minimum Gasteiger partial charge on any atom is -0.444 e. The quantitative estimate of drug-likeness (QED) is 0.439. The SMILES string of the molecule is CC(C)(C)OC(=O)N1CCC(N2CCN(c3ccc4c(c3)C(=O)N(C3CCC(=O)CC3=O)C4=O)CC2)CC1. The number of ketones is 2. The molecule has 1 saturated carbocycles. The lowest BCUT2D eigenvalue weighted by atomic mass is 9.92. The van der Waals surface area contributed by atoms with Crippen molar-refractivity contribution in [2.24, 2.45) is 0 Å². The normalized spacial score (nSPS) is 23.8. The first-order valence-electron chi connectivity index (χ1n) is 13.5. The van der Waals surface area contributed by atoms with Gasteiger partial charge in [-0.3, -0.25) is 29.0 Å². The maximum absolute atomic E-state index is 13.2. The monoisotopic (exact) mass is 524 g/mol. The Morgan fingerprint density at radius 2 is 1.53 bits per heavy atom. The first-order chi connectivity index (χ1) is 18.0. The van der Waals surface area contributed by atoms with E-state index in [0.29, 0.717) is 30.3 Å². The summed E-state index contributed by atoms with van der Waals surface area (Å²) >= 11 is 0. The molecule has 1 aromatic carbocycles. The van der Waals surface area contributed by atoms with Gasteiger partial charge in [-0.15, -0.1) is 0 Å². The van der Waals surface area contributed by atoms with Crippen LogP contribution in [-0.2, 0) is 14.3 Å². The number of ether oxygens (including phenoxy) is 1. The molecular weight excluding hydrogens is 488 g/mol. The highest BCUT2D eigenvalue weighted by Crippen LogP contribution is 2.32. The van der Waals surface area contributed by atoms with Crippen LogP contribution in [0.3, 0.4) is 0 Å². The van der Waals surface area contributed by atoms with E-state index in [1.165, 1.54) is 0 Å². The van der Waals surface area contributed by atoms with Gasteiger partial charge in [0.15, 0.2) is 5.78 Å². The third-order valence-corrected chi connectivity index (χ3v) is 7.96. The molecule has 3 heterocycles. The summed E-state index contributed by atoms with van der Waals surface area (Å²) in [5.41, 5.74) is 1.04. The summed E-state index contributed by atoms with van der Waals surface area (Å²) < 4.78 is 5.51. The number of hydrogen-bond acceptors (Lipinski definition) is 8. The van der Waals surface area contributed by atoms with E-state index in [-0.39, 0.29) is 36.9 Å². The average molecular weight is 525 g/mol. The van der Waals surface area contributed by atoms with Gasteiger partial charge in [0, 0.05) is 57.4 Å². The lowest BCUT2D eigenvalue weighted by Crippen LogP contribution is -2.54. The van der Waals surface area contributed by atoms with Gasteiger partial charge in [0.25, 0.3) is 11.8 Å². The number of carbonyl (C=O) groups excluding carboxylic acids is 5. The molecule has 4 aliphatic rings. The number of hydrogen-bond donors (Lipinski definition) is 0. The second-order valence-electron chi connectivity index (χ2n) is 11.7. The molecule has 1 atom stereocenters. The fraction of sp³-hybridized carbons (Fsp3) is 0.607. The van der Waals surface area contributed by atoms with Crippen LogP contribution in [0, 0.1) is 0 Å². The van der Waals surface area contributed by atoms with E-state index in [1.54, 1.807) is 17.0 Å². The van der Waals surface area contributed by atoms with E-state index in [9.17, 15) is 24.0 Å². The Kier molecular flexibility index (Phi) is 7.02. The molecule has 10 nitrogen and oxygen atoms in total. The highest BCUT2D eigenvalue weighted by atomic mass is 16.6. The number of fused-ring (bicyclic) bond motifs is 1. The Morgan fingerprint density at radius 3 is 2.16 bits per heavy atom. The van der Waals surface area contributed by atoms with Crippen molar-refractivity contribution in [3.05, 3.63) is 29.3 Å². The van der Waals surface area contributed by atoms with Crippen molar-refractivity contribution >= 4 is 35.2 Å². The number of piperidine rings is 1. The van der Waals surface area contributed by atoms with Gasteiger partial charge in [0.05, 0.1) is 23.6 Å². The first-order valence-corrected chi connectivity index (χ1v) is 13.5. The molecule has 3 amide bonds. The molecule has 38 heavy (non-hydrogen) atoms. The maximum Gasteiger partial charge on any atom is 0.410 e. The van der Waals surface area contributed by atoms with E-state index in [1.807, 2.05) is 26.8 Å². The van der Waals surface area contributed by atoms with Crippen LogP contribution < -0.4 is 4.90 Å². The molecule has 1 aliphatic carbocycles. The van der Waals surface area contributed by atoms with Crippen molar-refractivity contribution < 1.29 is 28.7 Å². The fourth-order valence-electron chi connectivity index (χ4n) is 5.94. The number of carbonyl (C=O) groups is 5. The van der Waals surface area contributed by atoms with Gasteiger partial charge in [-0.05, 0) is 58.2 Å². The van der Waals surface area contributed by atoms with Gasteiger partial charge < -0.3 is 14.5 Å². The molecule has 5 rings (SSSR count). The molecule has 0 aromatic heterocycles. The summed E-state index contributed by atoms with van der Waals surface area (Å²) in [7, 11) is 0. The smallest absolute Gasteiger partial charge is 0.410 e. The van der Waals surface area contributed by atoms with Crippen molar-refractivity contribution in [2.45, 2.75) is 70.6 Å². The third kappa shape index (κ3) is 5.18. The molecule has 3 aliphatic heterocycles. The highest BCUT2D eigenvalue weighted by Gasteiger charge is 2.44. The van der Waals surface area contributed by atoms with Crippen molar-refractivity contribution in [2.75, 3.05) is 44.2 Å². The molecule has 0 radical (unpaired) electrons. The van der Waals surface area contributed by atoms with Crippen LogP contribution in [-0.4, -0.2) is 101 Å². The fourth-order valence-corrected chi connectivity index (χ4v) is 5.94. The lowest BCUT2D eigenvalue weighted by Gasteiger charge is -2.43. The molecule has 0 bridgehead atoms. The van der Waals surface area contributed by atoms with Crippen molar-refractivity contribution in [3.8, 4) is 0 Å². The lowest BCUT2D eigenvalue weighted by molar-refractivity contribution is -0.132. The minimum atomic E-state index is -0.853. The second kappa shape index (κ2) is 10.1. The van der Waals surface area contributed by atoms with Crippen molar-refractivity contribution in [1.82, 2.24) is 14.7 Å². The molecule has 0 spiro atoms. The zero-order valence-electron chi connectivity index (χ0n) is 22.4. The molecule has 2 saturated heterocycles. The van der Waals surface area contributed by atoms with Crippen molar-refractivity contribution in [1.29, 1.82) is 0 Å². The summed E-state index contributed by atoms with van der Waals surface area (Å²) in [5.74, 6) is -1.40. The summed E-state index contributed by atoms with van der Waals surface area (Å²) in [6.45, 7) is 10.3. The zero-order chi connectivity index (χ0) is 27.2. The summed E-state index contributed by atoms with van der Waals surface area (Å²) in [6, 6.07) is 4.89. The van der Waals surface area contributed by atoms with E-state index >= 15 is 0 Å². The van der Waals surface area contributed by atoms with Gasteiger partial charge in [-0.1, -0.05) is 0 Å². The molecule has 1 unspecified atom stereocenters. The largest absolute Gasteiger partial charge is 0.444 e. The Hall–Kier alpha value is -3.27. The van der Waals surface area contributed by atoms with Crippen LogP contribution in [0.4, 0.5) is 10.5 Å². The van der Waals surface area contributed by atoms with Crippen LogP contribution in [0.1, 0.15) is 73.6 Å². The van der Waals surface area contributed by atoms with Gasteiger partial charge in [-0.2, -0.15) is 0 Å². The number of Topliss-reactive ketones (excluding diaryl/α,β-unsaturated/α-hetero) is 2. The van der Waals surface area contributed by atoms with E-state index < -0.39 is 23.5 Å². The highest BCUT2D eigenvalue weighted by molar-refractivity contribution is 6.24. The number of nitrogens with zero attached hydrogens (tertiary/aromatic N) is 4. The predicted octanol–water partition coefficient (Wildman–Crippen LogP) is 2.49. The number of imide groups is 1. The van der Waals surface area contributed by atoms with Crippen LogP contribution in [0.25, 0.3) is 0 Å². The third-order valence-electron chi connectivity index (χ3n) is 7.96. The standard InChI is InChI=1S/C28H36N4O6/c1-28(2,3)38-27(37)31-10-8-18(9-11-31)29-12-14-30(15-13-29)19-4-6-21-22(16-19)26(36)32(25(21)35)23-7-5-20(33)17-24(23)34/h4,6,16,18,23H,5,7-15,17H2,1-3H3. The first kappa shape index (κ1) is 26.3. The van der Waals surface area contributed by atoms with Crippen LogP contribution in [0.2, 0.25) is 0 Å². The number of piperazine rings is 1. The molecule has 204 valence electrons. The molecular formula is C28H36N4O6. The minimum absolute atomic E-state index is 0.141. The molecule has 3 fully saturated rings. The Bertz CT molecular complexity index is 1160. The maximum atomic E-state index is 13.2. The molecule has 0 N–H and O–H groups in total. The van der Waals surface area contributed by atoms with Gasteiger partial charge in [-0.25, -0.2) is 4.79 Å². The number of amides is 3. The number of likely N-dealkylation sites (tertiary alicyclic amines) is 1. The predicted molar refractivity (Wildman–Crippen MR) is 139 cm³/mol. The number of benzene rings is 1. The van der Waals surface area contributed by atoms with Crippen LogP contribution in [0.5, 0.6) is 0 Å². The van der Waals surface area contributed by atoms with E-state index in [4.69, 9.17) is 4.74 Å². The number of anilines is 1. The summed E-state index contributed by atoms with van der Waals surface area (Å²) in [6.07, 6.45) is 1.78.